The Morgan fingerprint density at radius 1 is 1.32 bits per heavy atom. The molecule has 0 spiro atoms. The van der Waals surface area contributed by atoms with Crippen molar-refractivity contribution in [2.24, 2.45) is 5.73 Å². The first-order valence-electron chi connectivity index (χ1n) is 9.40. The van der Waals surface area contributed by atoms with E-state index in [4.69, 9.17) is 15.2 Å². The number of nitrogens with two attached hydrogens (primary N) is 1. The molecule has 9 nitrogen and oxygen atoms in total. The maximum atomic E-state index is 13.0. The second kappa shape index (κ2) is 9.14. The molecule has 1 fully saturated rings. The van der Waals surface area contributed by atoms with Gasteiger partial charge in [-0.3, -0.25) is 14.5 Å². The lowest BCUT2D eigenvalue weighted by molar-refractivity contribution is -0.142. The summed E-state index contributed by atoms with van der Waals surface area (Å²) in [6.45, 7) is 1.76. The highest BCUT2D eigenvalue weighted by Gasteiger charge is 2.49. The van der Waals surface area contributed by atoms with Gasteiger partial charge < -0.3 is 19.9 Å². The van der Waals surface area contributed by atoms with Gasteiger partial charge in [-0.2, -0.15) is 5.26 Å². The molecule has 1 aromatic carbocycles. The van der Waals surface area contributed by atoms with E-state index in [1.54, 1.807) is 31.2 Å². The van der Waals surface area contributed by atoms with Gasteiger partial charge in [-0.05, 0) is 24.6 Å². The summed E-state index contributed by atoms with van der Waals surface area (Å²) >= 11 is 1.03. The minimum Gasteiger partial charge on any atom is -0.497 e. The third-order valence-corrected chi connectivity index (χ3v) is 6.18. The predicted octanol–water partition coefficient (Wildman–Crippen LogP) is 1.77. The van der Waals surface area contributed by atoms with Crippen LogP contribution in [0.15, 0.2) is 46.3 Å². The molecule has 3 rings (SSSR count). The number of esters is 2. The number of rotatable bonds is 6. The molecule has 0 saturated carbocycles. The molecule has 2 atom stereocenters. The molecule has 0 unspecified atom stereocenters. The van der Waals surface area contributed by atoms with Crippen LogP contribution >= 0.6 is 11.8 Å². The molecule has 1 saturated heterocycles. The first kappa shape index (κ1) is 22.2. The van der Waals surface area contributed by atoms with Gasteiger partial charge in [-0.15, -0.1) is 0 Å². The SMILES string of the molecule is CCOC(=O)C1=C2S[C@H](CC(=O)OC)C(=O)N2C(N)=C(C#N)[C@H]1c1cccc(OC)c1. The number of hydrogen-bond acceptors (Lipinski definition) is 9. The van der Waals surface area contributed by atoms with Gasteiger partial charge in [-0.1, -0.05) is 23.9 Å². The molecule has 2 N–H and O–H groups in total. The molecule has 0 radical (unpaired) electrons. The topological polar surface area (TPSA) is 132 Å². The van der Waals surface area contributed by atoms with Crippen molar-refractivity contribution in [2.75, 3.05) is 20.8 Å². The predicted molar refractivity (Wildman–Crippen MR) is 111 cm³/mol. The second-order valence-corrected chi connectivity index (χ2v) is 7.81. The van der Waals surface area contributed by atoms with Crippen molar-refractivity contribution in [1.82, 2.24) is 4.90 Å². The van der Waals surface area contributed by atoms with Crippen LogP contribution in [0.5, 0.6) is 5.75 Å². The fourth-order valence-corrected chi connectivity index (χ4v) is 4.80. The Labute approximate surface area is 183 Å². The largest absolute Gasteiger partial charge is 0.497 e. The normalized spacial score (nSPS) is 20.3. The van der Waals surface area contributed by atoms with Crippen LogP contribution in [0.3, 0.4) is 0 Å². The van der Waals surface area contributed by atoms with Crippen LogP contribution in [0.2, 0.25) is 0 Å². The highest BCUT2D eigenvalue weighted by atomic mass is 32.2. The average molecular weight is 443 g/mol. The number of fused-ring (bicyclic) bond motifs is 1. The maximum absolute atomic E-state index is 13.0. The summed E-state index contributed by atoms with van der Waals surface area (Å²) in [6, 6.07) is 8.93. The van der Waals surface area contributed by atoms with Crippen molar-refractivity contribution in [3.8, 4) is 11.8 Å². The third kappa shape index (κ3) is 3.96. The van der Waals surface area contributed by atoms with Crippen LogP contribution in [-0.2, 0) is 23.9 Å². The van der Waals surface area contributed by atoms with Crippen LogP contribution in [-0.4, -0.2) is 48.8 Å². The van der Waals surface area contributed by atoms with Crippen molar-refractivity contribution in [2.45, 2.75) is 24.5 Å². The Kier molecular flexibility index (Phi) is 6.56. The molecule has 1 aromatic rings. The zero-order chi connectivity index (χ0) is 22.7. The summed E-state index contributed by atoms with van der Waals surface area (Å²) in [5.74, 6) is -2.15. The smallest absolute Gasteiger partial charge is 0.337 e. The molecule has 10 heteroatoms. The molecule has 2 heterocycles. The van der Waals surface area contributed by atoms with Crippen molar-refractivity contribution in [1.29, 1.82) is 5.26 Å². The van der Waals surface area contributed by atoms with Gasteiger partial charge in [0.15, 0.2) is 0 Å². The van der Waals surface area contributed by atoms with E-state index in [-0.39, 0.29) is 35.0 Å². The zero-order valence-corrected chi connectivity index (χ0v) is 18.0. The van der Waals surface area contributed by atoms with E-state index in [0.717, 1.165) is 16.7 Å². The Hall–Kier alpha value is -3.45. The van der Waals surface area contributed by atoms with Crippen LogP contribution in [0, 0.1) is 11.3 Å². The lowest BCUT2D eigenvalue weighted by atomic mass is 9.83. The van der Waals surface area contributed by atoms with E-state index < -0.39 is 29.0 Å². The lowest BCUT2D eigenvalue weighted by Crippen LogP contribution is -2.38. The molecule has 162 valence electrons. The zero-order valence-electron chi connectivity index (χ0n) is 17.2. The Morgan fingerprint density at radius 2 is 2.06 bits per heavy atom. The number of nitriles is 1. The van der Waals surface area contributed by atoms with E-state index in [1.165, 1.54) is 14.2 Å². The Bertz CT molecular complexity index is 1040. The van der Waals surface area contributed by atoms with E-state index in [1.807, 2.05) is 6.07 Å². The van der Waals surface area contributed by atoms with Gasteiger partial charge in [0.25, 0.3) is 0 Å². The number of ether oxygens (including phenoxy) is 3. The number of nitrogens with zero attached hydrogens (tertiary/aromatic N) is 2. The number of allylic oxidation sites excluding steroid dienone is 1. The van der Waals surface area contributed by atoms with Crippen molar-refractivity contribution in [3.05, 3.63) is 51.8 Å². The number of methoxy groups -OCH3 is 2. The van der Waals surface area contributed by atoms with Crippen molar-refractivity contribution >= 4 is 29.6 Å². The number of amides is 1. The molecule has 2 aliphatic rings. The quantitative estimate of drug-likeness (QED) is 0.653. The van der Waals surface area contributed by atoms with Crippen LogP contribution in [0.25, 0.3) is 0 Å². The molecule has 2 aliphatic heterocycles. The second-order valence-electron chi connectivity index (χ2n) is 6.62. The fourth-order valence-electron chi connectivity index (χ4n) is 3.48. The summed E-state index contributed by atoms with van der Waals surface area (Å²) in [6.07, 6.45) is -0.199. The van der Waals surface area contributed by atoms with E-state index in [0.29, 0.717) is 11.3 Å². The van der Waals surface area contributed by atoms with Crippen LogP contribution < -0.4 is 10.5 Å². The summed E-state index contributed by atoms with van der Waals surface area (Å²) in [7, 11) is 2.73. The molecule has 0 bridgehead atoms. The van der Waals surface area contributed by atoms with Crippen LogP contribution in [0.4, 0.5) is 0 Å². The summed E-state index contributed by atoms with van der Waals surface area (Å²) in [5, 5.41) is 9.31. The minimum absolute atomic E-state index is 0.0349. The first-order chi connectivity index (χ1) is 14.9. The molecule has 31 heavy (non-hydrogen) atoms. The molecular weight excluding hydrogens is 422 g/mol. The minimum atomic E-state index is -0.859. The maximum Gasteiger partial charge on any atom is 0.337 e. The van der Waals surface area contributed by atoms with Gasteiger partial charge in [0.1, 0.15) is 16.8 Å². The number of carbonyl (C=O) groups is 3. The average Bonchev–Trinajstić information content (AvgIpc) is 3.09. The molecule has 0 aromatic heterocycles. The van der Waals surface area contributed by atoms with E-state index in [9.17, 15) is 19.6 Å². The van der Waals surface area contributed by atoms with Crippen molar-refractivity contribution < 1.29 is 28.6 Å². The number of thioether (sulfide) groups is 1. The first-order valence-corrected chi connectivity index (χ1v) is 10.3. The summed E-state index contributed by atoms with van der Waals surface area (Å²) < 4.78 is 15.2. The van der Waals surface area contributed by atoms with E-state index in [2.05, 4.69) is 4.74 Å². The van der Waals surface area contributed by atoms with Gasteiger partial charge in [-0.25, -0.2) is 4.79 Å². The fraction of sp³-hybridized carbons (Fsp3) is 0.333. The van der Waals surface area contributed by atoms with Crippen LogP contribution in [0.1, 0.15) is 24.8 Å². The van der Waals surface area contributed by atoms with E-state index >= 15 is 0 Å². The lowest BCUT2D eigenvalue weighted by Gasteiger charge is -2.31. The van der Waals surface area contributed by atoms with Gasteiger partial charge >= 0.3 is 11.9 Å². The number of carbonyl (C=O) groups excluding carboxylic acids is 3. The summed E-state index contributed by atoms with van der Waals surface area (Å²) in [4.78, 5) is 38.9. The molecular formula is C21H21N3O6S. The monoisotopic (exact) mass is 443 g/mol. The third-order valence-electron chi connectivity index (χ3n) is 4.90. The Balaban J connectivity index is 2.21. The standard InChI is InChI=1S/C21H21N3O6S/c1-4-30-21(27)17-16(11-6-5-7-12(8-11)28-2)13(10-22)18(23)24-19(26)14(31-20(17)24)9-15(25)29-3/h5-8,14,16H,4,9,23H2,1-3H3/t14-,16-/m1/s1. The Morgan fingerprint density at radius 3 is 2.68 bits per heavy atom. The van der Waals surface area contributed by atoms with Crippen molar-refractivity contribution in [3.63, 3.8) is 0 Å². The van der Waals surface area contributed by atoms with Gasteiger partial charge in [0, 0.05) is 0 Å². The molecule has 0 aliphatic carbocycles. The number of hydrogen-bond donors (Lipinski definition) is 1. The summed E-state index contributed by atoms with van der Waals surface area (Å²) in [5.41, 5.74) is 6.97. The van der Waals surface area contributed by atoms with Gasteiger partial charge in [0.05, 0.1) is 55.4 Å². The highest BCUT2D eigenvalue weighted by Crippen LogP contribution is 2.50. The van der Waals surface area contributed by atoms with Gasteiger partial charge in [0.2, 0.25) is 5.91 Å². The number of benzene rings is 1. The molecule has 1 amide bonds. The highest BCUT2D eigenvalue weighted by molar-refractivity contribution is 8.04.